The van der Waals surface area contributed by atoms with E-state index in [4.69, 9.17) is 4.55 Å². The number of carbonyl (C=O) groups excluding carboxylic acids is 1. The molecule has 6 nitrogen and oxygen atoms in total. The lowest BCUT2D eigenvalue weighted by molar-refractivity contribution is 0.191. The summed E-state index contributed by atoms with van der Waals surface area (Å²) in [6.45, 7) is 2.71. The van der Waals surface area contributed by atoms with E-state index < -0.39 is 21.3 Å². The fraction of sp³-hybridized carbons (Fsp3) is 0. The van der Waals surface area contributed by atoms with Gasteiger partial charge in [-0.1, -0.05) is 0 Å². The molecule has 0 aliphatic rings. The first-order chi connectivity index (χ1) is 4.34. The Morgan fingerprint density at radius 3 is 2.10 bits per heavy atom. The van der Waals surface area contributed by atoms with Gasteiger partial charge in [0.15, 0.2) is 0 Å². The molecule has 0 radical (unpaired) electrons. The lowest BCUT2D eigenvalue weighted by Gasteiger charge is -1.98. The van der Waals surface area contributed by atoms with Crippen molar-refractivity contribution in [1.82, 2.24) is 0 Å². The van der Waals surface area contributed by atoms with E-state index in [0.29, 0.717) is 0 Å². The number of rotatable bonds is 2. The third-order valence-corrected chi connectivity index (χ3v) is 1.16. The van der Waals surface area contributed by atoms with Gasteiger partial charge in [-0.2, -0.15) is 8.42 Å². The highest BCUT2D eigenvalue weighted by Gasteiger charge is 2.14. The fourth-order valence-electron chi connectivity index (χ4n) is 0.165. The predicted octanol–water partition coefficient (Wildman–Crippen LogP) is -0.559. The maximum Gasteiger partial charge on any atom is 0.410 e. The van der Waals surface area contributed by atoms with Crippen LogP contribution in [-0.4, -0.2) is 19.1 Å². The zero-order valence-corrected chi connectivity index (χ0v) is 5.59. The quantitative estimate of drug-likeness (QED) is 0.423. The van der Waals surface area contributed by atoms with Crippen molar-refractivity contribution in [3.05, 3.63) is 11.7 Å². The van der Waals surface area contributed by atoms with Crippen LogP contribution in [0, 0.1) is 0 Å². The highest BCUT2D eigenvalue weighted by Crippen LogP contribution is 2.00. The van der Waals surface area contributed by atoms with Crippen LogP contribution in [0.3, 0.4) is 0 Å². The van der Waals surface area contributed by atoms with Gasteiger partial charge in [-0.25, -0.2) is 4.79 Å². The van der Waals surface area contributed by atoms with Gasteiger partial charge in [-0.05, 0) is 6.58 Å². The molecule has 0 aliphatic carbocycles. The molecule has 3 N–H and O–H groups in total. The molecule has 7 heteroatoms. The normalized spacial score (nSPS) is 10.5. The van der Waals surface area contributed by atoms with Crippen LogP contribution in [0.15, 0.2) is 11.7 Å². The van der Waals surface area contributed by atoms with Gasteiger partial charge >= 0.3 is 16.2 Å². The second kappa shape index (κ2) is 2.67. The molecule has 1 amide bonds. The number of amides is 1. The van der Waals surface area contributed by atoms with E-state index in [1.807, 2.05) is 0 Å². The molecule has 10 heavy (non-hydrogen) atoms. The minimum absolute atomic E-state index is 1.08. The third kappa shape index (κ3) is 3.05. The molecule has 0 aromatic heterocycles. The summed E-state index contributed by atoms with van der Waals surface area (Å²) in [5.41, 5.74) is 4.39. The van der Waals surface area contributed by atoms with Crippen LogP contribution in [0.4, 0.5) is 4.79 Å². The van der Waals surface area contributed by atoms with Crippen molar-refractivity contribution in [3.63, 3.8) is 0 Å². The van der Waals surface area contributed by atoms with Gasteiger partial charge in [0.25, 0.3) is 0 Å². The van der Waals surface area contributed by atoms with Crippen LogP contribution in [0.5, 0.6) is 0 Å². The third-order valence-electron chi connectivity index (χ3n) is 0.502. The molecule has 0 bridgehead atoms. The zero-order valence-electron chi connectivity index (χ0n) is 4.77. The number of carbonyl (C=O) groups is 1. The molecule has 0 rings (SSSR count). The minimum atomic E-state index is -4.52. The first kappa shape index (κ1) is 8.92. The van der Waals surface area contributed by atoms with Crippen molar-refractivity contribution in [2.75, 3.05) is 0 Å². The highest BCUT2D eigenvalue weighted by atomic mass is 32.2. The Morgan fingerprint density at radius 2 is 2.00 bits per heavy atom. The number of hydrogen-bond donors (Lipinski definition) is 2. The van der Waals surface area contributed by atoms with Gasteiger partial charge in [-0.3, -0.25) is 4.55 Å². The molecule has 0 aromatic rings. The lowest BCUT2D eigenvalue weighted by atomic mass is 11.1. The smallest absolute Gasteiger partial charge is 0.396 e. The Bertz CT molecular complexity index is 252. The number of nitrogens with two attached hydrogens (primary N) is 1. The van der Waals surface area contributed by atoms with Crippen molar-refractivity contribution in [1.29, 1.82) is 0 Å². The number of ether oxygens (including phenoxy) is 1. The van der Waals surface area contributed by atoms with E-state index in [9.17, 15) is 13.2 Å². The monoisotopic (exact) mass is 167 g/mol. The second-order valence-corrected chi connectivity index (χ2v) is 2.67. The molecule has 0 spiro atoms. The maximum absolute atomic E-state index is 9.99. The van der Waals surface area contributed by atoms with Gasteiger partial charge in [0.05, 0.1) is 0 Å². The van der Waals surface area contributed by atoms with Crippen molar-refractivity contribution in [2.24, 2.45) is 5.73 Å². The van der Waals surface area contributed by atoms with E-state index in [1.165, 1.54) is 0 Å². The first-order valence-electron chi connectivity index (χ1n) is 1.97. The van der Waals surface area contributed by atoms with Gasteiger partial charge in [0.2, 0.25) is 5.09 Å². The molecule has 0 fully saturated rings. The van der Waals surface area contributed by atoms with Crippen molar-refractivity contribution < 1.29 is 22.5 Å². The Hall–Kier alpha value is -1.08. The summed E-state index contributed by atoms with van der Waals surface area (Å²) in [5, 5.41) is -1.08. The summed E-state index contributed by atoms with van der Waals surface area (Å²) < 4.78 is 31.8. The Balaban J connectivity index is 4.28. The van der Waals surface area contributed by atoms with Gasteiger partial charge in [0, 0.05) is 0 Å². The van der Waals surface area contributed by atoms with E-state index in [1.54, 1.807) is 0 Å². The largest absolute Gasteiger partial charge is 0.410 e. The zero-order chi connectivity index (χ0) is 8.36. The molecule has 0 atom stereocenters. The summed E-state index contributed by atoms with van der Waals surface area (Å²) in [4.78, 5) is 9.82. The highest BCUT2D eigenvalue weighted by molar-refractivity contribution is 7.89. The van der Waals surface area contributed by atoms with E-state index in [-0.39, 0.29) is 0 Å². The van der Waals surface area contributed by atoms with Crippen LogP contribution < -0.4 is 5.73 Å². The molecule has 0 saturated carbocycles. The molecule has 0 saturated heterocycles. The van der Waals surface area contributed by atoms with E-state index in [2.05, 4.69) is 17.0 Å². The summed E-state index contributed by atoms with van der Waals surface area (Å²) in [6, 6.07) is 0. The van der Waals surface area contributed by atoms with Crippen molar-refractivity contribution >= 4 is 16.2 Å². The molecular formula is C3H5NO5S. The number of hydrogen-bond acceptors (Lipinski definition) is 4. The average molecular weight is 167 g/mol. The number of primary amides is 1. The predicted molar refractivity (Wildman–Crippen MR) is 31.4 cm³/mol. The minimum Gasteiger partial charge on any atom is -0.396 e. The van der Waals surface area contributed by atoms with Gasteiger partial charge < -0.3 is 10.5 Å². The SMILES string of the molecule is C=C(OC(N)=O)S(=O)(=O)O. The topological polar surface area (TPSA) is 107 Å². The summed E-state index contributed by atoms with van der Waals surface area (Å²) >= 11 is 0. The maximum atomic E-state index is 9.99. The Labute approximate surface area is 57.0 Å². The van der Waals surface area contributed by atoms with E-state index >= 15 is 0 Å². The van der Waals surface area contributed by atoms with Gasteiger partial charge in [-0.15, -0.1) is 0 Å². The van der Waals surface area contributed by atoms with Crippen LogP contribution in [-0.2, 0) is 14.9 Å². The second-order valence-electron chi connectivity index (χ2n) is 1.27. The molecule has 58 valence electrons. The molecule has 0 aliphatic heterocycles. The van der Waals surface area contributed by atoms with Crippen molar-refractivity contribution in [3.8, 4) is 0 Å². The Kier molecular flexibility index (Phi) is 2.38. The van der Waals surface area contributed by atoms with E-state index in [0.717, 1.165) is 0 Å². The van der Waals surface area contributed by atoms with Crippen LogP contribution >= 0.6 is 0 Å². The van der Waals surface area contributed by atoms with Crippen LogP contribution in [0.25, 0.3) is 0 Å². The van der Waals surface area contributed by atoms with Crippen molar-refractivity contribution in [2.45, 2.75) is 0 Å². The van der Waals surface area contributed by atoms with Crippen LogP contribution in [0.2, 0.25) is 0 Å². The van der Waals surface area contributed by atoms with Crippen LogP contribution in [0.1, 0.15) is 0 Å². The first-order valence-corrected chi connectivity index (χ1v) is 3.41. The summed E-state index contributed by atoms with van der Waals surface area (Å²) in [5.74, 6) is 0. The Morgan fingerprint density at radius 1 is 1.60 bits per heavy atom. The fourth-order valence-corrected chi connectivity index (χ4v) is 0.352. The average Bonchev–Trinajstić information content (AvgIpc) is 1.60. The standard InChI is InChI=1S/C3H5NO5S/c1-2(9-3(4)5)10(6,7)8/h1H2,(H2,4,5)(H,6,7,8). The molecule has 0 heterocycles. The molecule has 0 unspecified atom stereocenters. The molecular weight excluding hydrogens is 162 g/mol. The van der Waals surface area contributed by atoms with Gasteiger partial charge in [0.1, 0.15) is 0 Å². The molecule has 0 aromatic carbocycles. The summed E-state index contributed by atoms with van der Waals surface area (Å²) in [6.07, 6.45) is -1.34. The summed E-state index contributed by atoms with van der Waals surface area (Å²) in [7, 11) is -4.52. The lowest BCUT2D eigenvalue weighted by Crippen LogP contribution is -2.16.